The Morgan fingerprint density at radius 3 is 2.68 bits per heavy atom. The summed E-state index contributed by atoms with van der Waals surface area (Å²) >= 11 is 0. The van der Waals surface area contributed by atoms with Crippen LogP contribution in [-0.4, -0.2) is 66.2 Å². The van der Waals surface area contributed by atoms with Crippen LogP contribution in [0.4, 0.5) is 4.79 Å². The van der Waals surface area contributed by atoms with Crippen molar-refractivity contribution in [3.05, 3.63) is 6.33 Å². The van der Waals surface area contributed by atoms with Crippen molar-refractivity contribution in [2.45, 2.75) is 38.8 Å². The Morgan fingerprint density at radius 1 is 1.36 bits per heavy atom. The summed E-state index contributed by atoms with van der Waals surface area (Å²) < 4.78 is 30.0. The number of nitrogens with zero attached hydrogens (tertiary/aromatic N) is 4. The molecule has 0 spiro atoms. The highest BCUT2D eigenvalue weighted by Gasteiger charge is 2.22. The van der Waals surface area contributed by atoms with Crippen LogP contribution in [0.3, 0.4) is 0 Å². The highest BCUT2D eigenvalue weighted by Crippen LogP contribution is 2.06. The van der Waals surface area contributed by atoms with Gasteiger partial charge in [-0.05, 0) is 26.7 Å². The van der Waals surface area contributed by atoms with Crippen molar-refractivity contribution in [1.82, 2.24) is 19.7 Å². The SMILES string of the molecule is CCCS(=O)(=O)c1ncn(C(=O)N(CC)CCCOCC)n1. The molecular formula is C13H24N4O4S. The molecule has 0 radical (unpaired) electrons. The summed E-state index contributed by atoms with van der Waals surface area (Å²) in [5.41, 5.74) is 0. The summed E-state index contributed by atoms with van der Waals surface area (Å²) in [5.74, 6) is -0.0307. The van der Waals surface area contributed by atoms with Crippen molar-refractivity contribution in [3.8, 4) is 0 Å². The molecule has 0 aliphatic heterocycles. The number of hydrogen-bond donors (Lipinski definition) is 0. The minimum absolute atomic E-state index is 0.0307. The zero-order chi connectivity index (χ0) is 16.6. The lowest BCUT2D eigenvalue weighted by Gasteiger charge is -2.19. The van der Waals surface area contributed by atoms with E-state index in [0.717, 1.165) is 11.0 Å². The Hall–Kier alpha value is -1.48. The van der Waals surface area contributed by atoms with Gasteiger partial charge in [0.05, 0.1) is 5.75 Å². The van der Waals surface area contributed by atoms with E-state index in [1.807, 2.05) is 13.8 Å². The van der Waals surface area contributed by atoms with Gasteiger partial charge in [0.15, 0.2) is 0 Å². The maximum atomic E-state index is 12.3. The molecule has 126 valence electrons. The molecule has 22 heavy (non-hydrogen) atoms. The van der Waals surface area contributed by atoms with E-state index in [0.29, 0.717) is 39.1 Å². The fourth-order valence-corrected chi connectivity index (χ4v) is 3.02. The van der Waals surface area contributed by atoms with Gasteiger partial charge in [0.1, 0.15) is 6.33 Å². The zero-order valence-corrected chi connectivity index (χ0v) is 14.2. The Morgan fingerprint density at radius 2 is 2.09 bits per heavy atom. The zero-order valence-electron chi connectivity index (χ0n) is 13.4. The molecular weight excluding hydrogens is 308 g/mol. The van der Waals surface area contributed by atoms with E-state index in [4.69, 9.17) is 4.74 Å². The lowest BCUT2D eigenvalue weighted by atomic mass is 10.4. The average molecular weight is 332 g/mol. The van der Waals surface area contributed by atoms with Gasteiger partial charge in [-0.25, -0.2) is 18.2 Å². The molecule has 0 saturated heterocycles. The van der Waals surface area contributed by atoms with E-state index < -0.39 is 9.84 Å². The molecule has 0 aromatic carbocycles. The van der Waals surface area contributed by atoms with E-state index >= 15 is 0 Å². The van der Waals surface area contributed by atoms with Gasteiger partial charge in [0, 0.05) is 26.3 Å². The smallest absolute Gasteiger partial charge is 0.346 e. The van der Waals surface area contributed by atoms with Crippen LogP contribution < -0.4 is 0 Å². The number of carbonyl (C=O) groups is 1. The molecule has 9 heteroatoms. The minimum atomic E-state index is -3.51. The van der Waals surface area contributed by atoms with E-state index in [1.165, 1.54) is 0 Å². The van der Waals surface area contributed by atoms with Gasteiger partial charge < -0.3 is 9.64 Å². The van der Waals surface area contributed by atoms with Crippen LogP contribution in [0, 0.1) is 0 Å². The second kappa shape index (κ2) is 8.84. The molecule has 1 rings (SSSR count). The van der Waals surface area contributed by atoms with Crippen molar-refractivity contribution in [2.75, 3.05) is 32.1 Å². The van der Waals surface area contributed by atoms with Crippen molar-refractivity contribution >= 4 is 15.9 Å². The molecule has 1 amide bonds. The molecule has 0 aliphatic carbocycles. The van der Waals surface area contributed by atoms with Crippen molar-refractivity contribution in [3.63, 3.8) is 0 Å². The summed E-state index contributed by atoms with van der Waals surface area (Å²) in [6, 6.07) is -0.385. The van der Waals surface area contributed by atoms with Crippen molar-refractivity contribution < 1.29 is 17.9 Å². The number of amides is 1. The average Bonchev–Trinajstić information content (AvgIpc) is 2.97. The van der Waals surface area contributed by atoms with Crippen molar-refractivity contribution in [2.24, 2.45) is 0 Å². The van der Waals surface area contributed by atoms with Gasteiger partial charge in [-0.2, -0.15) is 4.68 Å². The van der Waals surface area contributed by atoms with Crippen LogP contribution in [-0.2, 0) is 14.6 Å². The van der Waals surface area contributed by atoms with E-state index in [2.05, 4.69) is 10.1 Å². The molecule has 0 unspecified atom stereocenters. The van der Waals surface area contributed by atoms with Crippen LogP contribution in [0.5, 0.6) is 0 Å². The minimum Gasteiger partial charge on any atom is -0.382 e. The van der Waals surface area contributed by atoms with E-state index in [1.54, 1.807) is 11.8 Å². The summed E-state index contributed by atoms with van der Waals surface area (Å²) in [4.78, 5) is 17.6. The maximum Gasteiger partial charge on any atom is 0.346 e. The number of carbonyl (C=O) groups excluding carboxylic acids is 1. The second-order valence-corrected chi connectivity index (χ2v) is 6.71. The molecule has 1 heterocycles. The standard InChI is InChI=1S/C13H24N4O4S/c1-4-10-22(19,20)12-14-11-17(15-12)13(18)16(5-2)8-7-9-21-6-3/h11H,4-10H2,1-3H3. The van der Waals surface area contributed by atoms with Crippen LogP contribution in [0.25, 0.3) is 0 Å². The number of rotatable bonds is 9. The first-order valence-corrected chi connectivity index (χ1v) is 9.12. The van der Waals surface area contributed by atoms with Crippen molar-refractivity contribution in [1.29, 1.82) is 0 Å². The fourth-order valence-electron chi connectivity index (χ4n) is 1.88. The number of hydrogen-bond acceptors (Lipinski definition) is 6. The monoisotopic (exact) mass is 332 g/mol. The molecule has 1 aromatic rings. The van der Waals surface area contributed by atoms with Gasteiger partial charge in [-0.1, -0.05) is 6.92 Å². The number of ether oxygens (including phenoxy) is 1. The highest BCUT2D eigenvalue weighted by atomic mass is 32.2. The molecule has 0 bridgehead atoms. The van der Waals surface area contributed by atoms with Gasteiger partial charge in [0.25, 0.3) is 5.16 Å². The fraction of sp³-hybridized carbons (Fsp3) is 0.769. The third-order valence-electron chi connectivity index (χ3n) is 2.99. The van der Waals surface area contributed by atoms with Gasteiger partial charge in [0.2, 0.25) is 9.84 Å². The Balaban J connectivity index is 2.73. The van der Waals surface area contributed by atoms with Crippen LogP contribution in [0.15, 0.2) is 11.5 Å². The predicted octanol–water partition coefficient (Wildman–Crippen LogP) is 1.18. The van der Waals surface area contributed by atoms with Gasteiger partial charge in [-0.15, -0.1) is 5.10 Å². The number of sulfone groups is 1. The molecule has 8 nitrogen and oxygen atoms in total. The van der Waals surface area contributed by atoms with Crippen LogP contribution >= 0.6 is 0 Å². The molecule has 1 aromatic heterocycles. The number of aromatic nitrogens is 3. The second-order valence-electron chi connectivity index (χ2n) is 4.70. The Bertz CT molecular complexity index is 570. The lowest BCUT2D eigenvalue weighted by Crippen LogP contribution is -2.36. The predicted molar refractivity (Wildman–Crippen MR) is 81.5 cm³/mol. The lowest BCUT2D eigenvalue weighted by molar-refractivity contribution is 0.134. The van der Waals surface area contributed by atoms with Crippen LogP contribution in [0.2, 0.25) is 0 Å². The van der Waals surface area contributed by atoms with Crippen LogP contribution in [0.1, 0.15) is 33.6 Å². The molecule has 0 atom stereocenters. The summed E-state index contributed by atoms with van der Waals surface area (Å²) in [6.45, 7) is 7.77. The normalized spacial score (nSPS) is 11.6. The quantitative estimate of drug-likeness (QED) is 0.630. The topological polar surface area (TPSA) is 94.4 Å². The van der Waals surface area contributed by atoms with E-state index in [-0.39, 0.29) is 16.9 Å². The molecule has 0 aliphatic rings. The molecule has 0 saturated carbocycles. The van der Waals surface area contributed by atoms with Gasteiger partial charge in [-0.3, -0.25) is 0 Å². The largest absolute Gasteiger partial charge is 0.382 e. The third kappa shape index (κ3) is 5.06. The third-order valence-corrected chi connectivity index (χ3v) is 4.68. The highest BCUT2D eigenvalue weighted by molar-refractivity contribution is 7.91. The Labute approximate surface area is 131 Å². The van der Waals surface area contributed by atoms with E-state index in [9.17, 15) is 13.2 Å². The first kappa shape index (κ1) is 18.6. The molecule has 0 N–H and O–H groups in total. The van der Waals surface area contributed by atoms with Gasteiger partial charge >= 0.3 is 6.03 Å². The summed E-state index contributed by atoms with van der Waals surface area (Å²) in [5, 5.41) is 3.51. The summed E-state index contributed by atoms with van der Waals surface area (Å²) in [6.07, 6.45) is 2.34. The first-order valence-electron chi connectivity index (χ1n) is 7.47. The maximum absolute atomic E-state index is 12.3. The summed E-state index contributed by atoms with van der Waals surface area (Å²) in [7, 11) is -3.51. The molecule has 0 fully saturated rings. The Kier molecular flexibility index (Phi) is 7.46. The first-order chi connectivity index (χ1) is 10.5.